The second-order valence-electron chi connectivity index (χ2n) is 9.56. The first-order valence-electron chi connectivity index (χ1n) is 10.8. The third kappa shape index (κ3) is 4.39. The van der Waals surface area contributed by atoms with Crippen LogP contribution in [0.15, 0.2) is 12.1 Å². The van der Waals surface area contributed by atoms with Gasteiger partial charge in [0.2, 0.25) is 17.7 Å². The van der Waals surface area contributed by atoms with Crippen molar-refractivity contribution in [1.29, 1.82) is 0 Å². The van der Waals surface area contributed by atoms with Gasteiger partial charge in [0.05, 0.1) is 6.61 Å². The van der Waals surface area contributed by atoms with Gasteiger partial charge in [-0.25, -0.2) is 9.78 Å². The van der Waals surface area contributed by atoms with Crippen molar-refractivity contribution in [2.45, 2.75) is 63.5 Å². The minimum atomic E-state index is -0.764. The number of carbonyl (C=O) groups excluding carboxylic acids is 4. The number of nitrogens with one attached hydrogen (secondary N) is 2. The molecule has 3 aliphatic heterocycles. The third-order valence-electron chi connectivity index (χ3n) is 6.07. The van der Waals surface area contributed by atoms with E-state index in [2.05, 4.69) is 15.6 Å². The van der Waals surface area contributed by atoms with Gasteiger partial charge in [-0.3, -0.25) is 19.7 Å². The van der Waals surface area contributed by atoms with Crippen LogP contribution in [0.5, 0.6) is 5.88 Å². The molecule has 32 heavy (non-hydrogen) atoms. The lowest BCUT2D eigenvalue weighted by atomic mass is 9.75. The highest BCUT2D eigenvalue weighted by Gasteiger charge is 2.45. The van der Waals surface area contributed by atoms with Crippen LogP contribution in [-0.4, -0.2) is 65.0 Å². The number of hydrogen-bond acceptors (Lipinski definition) is 7. The van der Waals surface area contributed by atoms with Crippen LogP contribution < -0.4 is 15.4 Å². The lowest BCUT2D eigenvalue weighted by Gasteiger charge is -2.38. The Labute approximate surface area is 186 Å². The molecule has 0 unspecified atom stereocenters. The number of ether oxygens (including phenoxy) is 2. The summed E-state index contributed by atoms with van der Waals surface area (Å²) in [5.41, 5.74) is 0.291. The summed E-state index contributed by atoms with van der Waals surface area (Å²) >= 11 is 0. The second-order valence-corrected chi connectivity index (χ2v) is 9.56. The maximum absolute atomic E-state index is 12.6. The van der Waals surface area contributed by atoms with Gasteiger partial charge in [0, 0.05) is 30.5 Å². The number of imide groups is 1. The van der Waals surface area contributed by atoms with E-state index in [0.717, 1.165) is 5.56 Å². The Morgan fingerprint density at radius 1 is 1.25 bits per heavy atom. The number of likely N-dealkylation sites (tertiary alicyclic amines) is 1. The average molecular weight is 444 g/mol. The Balaban J connectivity index is 1.41. The van der Waals surface area contributed by atoms with Crippen LogP contribution in [0.3, 0.4) is 0 Å². The van der Waals surface area contributed by atoms with Crippen molar-refractivity contribution in [2.75, 3.05) is 19.7 Å². The summed E-state index contributed by atoms with van der Waals surface area (Å²) in [4.78, 5) is 54.2. The Morgan fingerprint density at radius 3 is 2.62 bits per heavy atom. The second kappa shape index (κ2) is 8.07. The number of pyridine rings is 1. The molecular weight excluding hydrogens is 416 g/mol. The standard InChI is InChI=1S/C22H28N4O6/c1-21(2,3)32-20(30)26-10-8-22(9-11-26)12-31-19-13(22)4-5-15(24-19)17(28)23-14-6-7-16(27)25-18(14)29/h4-5,14H,6-12H2,1-3H3,(H,23,28)(H,25,27,29)/t14-/m0/s1. The molecule has 0 aliphatic carbocycles. The zero-order chi connectivity index (χ0) is 23.1. The van der Waals surface area contributed by atoms with Crippen molar-refractivity contribution in [1.82, 2.24) is 20.5 Å². The van der Waals surface area contributed by atoms with E-state index >= 15 is 0 Å². The Bertz CT molecular complexity index is 962. The quantitative estimate of drug-likeness (QED) is 0.658. The minimum Gasteiger partial charge on any atom is -0.476 e. The fraction of sp³-hybridized carbons (Fsp3) is 0.591. The molecule has 0 bridgehead atoms. The molecule has 2 fully saturated rings. The lowest BCUT2D eigenvalue weighted by molar-refractivity contribution is -0.134. The summed E-state index contributed by atoms with van der Waals surface area (Å²) in [5.74, 6) is -0.937. The van der Waals surface area contributed by atoms with Crippen LogP contribution >= 0.6 is 0 Å². The number of amides is 4. The third-order valence-corrected chi connectivity index (χ3v) is 6.07. The van der Waals surface area contributed by atoms with Crippen molar-refractivity contribution in [2.24, 2.45) is 0 Å². The smallest absolute Gasteiger partial charge is 0.410 e. The number of hydrogen-bond donors (Lipinski definition) is 2. The molecule has 1 aromatic rings. The molecular formula is C22H28N4O6. The first-order valence-corrected chi connectivity index (χ1v) is 10.8. The van der Waals surface area contributed by atoms with Crippen LogP contribution in [-0.2, 0) is 19.7 Å². The summed E-state index contributed by atoms with van der Waals surface area (Å²) in [6, 6.07) is 2.70. The van der Waals surface area contributed by atoms with Gasteiger partial charge in [0.15, 0.2) is 0 Å². The largest absolute Gasteiger partial charge is 0.476 e. The van der Waals surface area contributed by atoms with Gasteiger partial charge in [0.25, 0.3) is 5.91 Å². The molecule has 4 amide bonds. The first-order chi connectivity index (χ1) is 15.1. The molecule has 10 heteroatoms. The first kappa shape index (κ1) is 22.0. The van der Waals surface area contributed by atoms with E-state index in [0.29, 0.717) is 38.4 Å². The summed E-state index contributed by atoms with van der Waals surface area (Å²) < 4.78 is 11.3. The van der Waals surface area contributed by atoms with Crippen LogP contribution in [0.2, 0.25) is 0 Å². The lowest BCUT2D eigenvalue weighted by Crippen LogP contribution is -2.52. The fourth-order valence-corrected chi connectivity index (χ4v) is 4.29. The van der Waals surface area contributed by atoms with Gasteiger partial charge >= 0.3 is 6.09 Å². The molecule has 2 saturated heterocycles. The van der Waals surface area contributed by atoms with Crippen LogP contribution in [0, 0.1) is 0 Å². The zero-order valence-corrected chi connectivity index (χ0v) is 18.5. The molecule has 172 valence electrons. The van der Waals surface area contributed by atoms with Crippen LogP contribution in [0.1, 0.15) is 62.5 Å². The van der Waals surface area contributed by atoms with Gasteiger partial charge in [-0.15, -0.1) is 0 Å². The van der Waals surface area contributed by atoms with E-state index in [4.69, 9.17) is 9.47 Å². The minimum absolute atomic E-state index is 0.150. The molecule has 1 spiro atoms. The number of carbonyl (C=O) groups is 4. The zero-order valence-electron chi connectivity index (χ0n) is 18.5. The Hall–Kier alpha value is -3.17. The van der Waals surface area contributed by atoms with E-state index in [1.54, 1.807) is 11.0 Å². The number of rotatable bonds is 2. The summed E-state index contributed by atoms with van der Waals surface area (Å²) in [6.45, 7) is 7.08. The number of piperidine rings is 2. The highest BCUT2D eigenvalue weighted by atomic mass is 16.6. The van der Waals surface area contributed by atoms with E-state index in [1.807, 2.05) is 26.8 Å². The van der Waals surface area contributed by atoms with Gasteiger partial charge in [-0.1, -0.05) is 6.07 Å². The molecule has 4 rings (SSSR count). The topological polar surface area (TPSA) is 127 Å². The highest BCUT2D eigenvalue weighted by Crippen LogP contribution is 2.44. The molecule has 4 heterocycles. The van der Waals surface area contributed by atoms with Crippen molar-refractivity contribution in [3.05, 3.63) is 23.4 Å². The Morgan fingerprint density at radius 2 is 1.97 bits per heavy atom. The van der Waals surface area contributed by atoms with E-state index in [-0.39, 0.29) is 36.0 Å². The predicted molar refractivity (Wildman–Crippen MR) is 112 cm³/mol. The molecule has 1 atom stereocenters. The molecule has 10 nitrogen and oxygen atoms in total. The summed E-state index contributed by atoms with van der Waals surface area (Å²) in [5, 5.41) is 4.84. The van der Waals surface area contributed by atoms with Gasteiger partial charge in [-0.05, 0) is 46.1 Å². The van der Waals surface area contributed by atoms with Gasteiger partial charge < -0.3 is 19.7 Å². The summed E-state index contributed by atoms with van der Waals surface area (Å²) in [7, 11) is 0. The van der Waals surface area contributed by atoms with E-state index < -0.39 is 23.5 Å². The fourth-order valence-electron chi connectivity index (χ4n) is 4.29. The molecule has 0 aromatic carbocycles. The molecule has 1 aromatic heterocycles. The average Bonchev–Trinajstić information content (AvgIpc) is 3.07. The molecule has 3 aliphatic rings. The van der Waals surface area contributed by atoms with Crippen molar-refractivity contribution >= 4 is 23.8 Å². The van der Waals surface area contributed by atoms with E-state index in [9.17, 15) is 19.2 Å². The highest BCUT2D eigenvalue weighted by molar-refractivity contribution is 6.03. The number of fused-ring (bicyclic) bond motifs is 2. The van der Waals surface area contributed by atoms with Crippen molar-refractivity contribution in [3.8, 4) is 5.88 Å². The molecule has 0 saturated carbocycles. The SMILES string of the molecule is CC(C)(C)OC(=O)N1CCC2(CC1)COc1nc(C(=O)N[C@H]3CCC(=O)NC3=O)ccc12. The monoisotopic (exact) mass is 444 g/mol. The van der Waals surface area contributed by atoms with E-state index in [1.165, 1.54) is 0 Å². The summed E-state index contributed by atoms with van der Waals surface area (Å²) in [6.07, 6.45) is 1.55. The predicted octanol–water partition coefficient (Wildman–Crippen LogP) is 1.28. The normalized spacial score (nSPS) is 22.1. The number of aromatic nitrogens is 1. The van der Waals surface area contributed by atoms with Gasteiger partial charge in [0.1, 0.15) is 17.3 Å². The van der Waals surface area contributed by atoms with Gasteiger partial charge in [-0.2, -0.15) is 0 Å². The Kier molecular flexibility index (Phi) is 5.56. The van der Waals surface area contributed by atoms with Crippen molar-refractivity contribution < 1.29 is 28.7 Å². The molecule has 2 N–H and O–H groups in total. The van der Waals surface area contributed by atoms with Crippen molar-refractivity contribution in [3.63, 3.8) is 0 Å². The van der Waals surface area contributed by atoms with Crippen LogP contribution in [0.4, 0.5) is 4.79 Å². The molecule has 0 radical (unpaired) electrons. The van der Waals surface area contributed by atoms with Crippen LogP contribution in [0.25, 0.3) is 0 Å². The maximum atomic E-state index is 12.6. The number of nitrogens with zero attached hydrogens (tertiary/aromatic N) is 2. The maximum Gasteiger partial charge on any atom is 0.410 e.